The van der Waals surface area contributed by atoms with E-state index in [2.05, 4.69) is 4.98 Å². The van der Waals surface area contributed by atoms with E-state index in [0.29, 0.717) is 44.7 Å². The molecular formula is C21H20Cl2N2O3S. The molecule has 1 aromatic carbocycles. The number of halogens is 2. The van der Waals surface area contributed by atoms with Gasteiger partial charge in [0.25, 0.3) is 5.56 Å². The first kappa shape index (κ1) is 20.4. The van der Waals surface area contributed by atoms with Gasteiger partial charge in [0.05, 0.1) is 24.5 Å². The molecule has 29 heavy (non-hydrogen) atoms. The van der Waals surface area contributed by atoms with Crippen LogP contribution in [-0.4, -0.2) is 22.1 Å². The van der Waals surface area contributed by atoms with Crippen LogP contribution in [0.1, 0.15) is 47.5 Å². The van der Waals surface area contributed by atoms with Crippen molar-refractivity contribution in [1.29, 1.82) is 0 Å². The maximum atomic E-state index is 13.5. The van der Waals surface area contributed by atoms with Gasteiger partial charge in [0.15, 0.2) is 0 Å². The van der Waals surface area contributed by atoms with E-state index < -0.39 is 5.92 Å². The molecule has 0 spiro atoms. The van der Waals surface area contributed by atoms with Crippen LogP contribution in [0.2, 0.25) is 10.0 Å². The second-order valence-electron chi connectivity index (χ2n) is 7.07. The van der Waals surface area contributed by atoms with Crippen LogP contribution in [0.25, 0.3) is 10.2 Å². The highest BCUT2D eigenvalue weighted by molar-refractivity contribution is 7.18. The highest BCUT2D eigenvalue weighted by Gasteiger charge is 2.33. The Kier molecular flexibility index (Phi) is 5.69. The fourth-order valence-electron chi connectivity index (χ4n) is 3.92. The standard InChI is InChI=1S/C21H20Cl2N2O3S/c1-3-28-21(27)12-6-4-9-16-17(12)18-19(29-16)24-11(2)25(20(18)26)10-13-14(22)7-5-8-15(13)23/h5,7-8,12H,3-4,6,9-10H2,1-2H3. The van der Waals surface area contributed by atoms with Crippen molar-refractivity contribution < 1.29 is 9.53 Å². The fraction of sp³-hybridized carbons (Fsp3) is 0.381. The van der Waals surface area contributed by atoms with Gasteiger partial charge >= 0.3 is 5.97 Å². The lowest BCUT2D eigenvalue weighted by atomic mass is 9.86. The summed E-state index contributed by atoms with van der Waals surface area (Å²) in [6.07, 6.45) is 2.42. The van der Waals surface area contributed by atoms with Crippen molar-refractivity contribution in [2.24, 2.45) is 0 Å². The third-order valence-electron chi connectivity index (χ3n) is 5.31. The molecule has 0 saturated carbocycles. The number of thiophene rings is 1. The molecule has 1 aliphatic carbocycles. The van der Waals surface area contributed by atoms with Crippen LogP contribution in [0.3, 0.4) is 0 Å². The number of aromatic nitrogens is 2. The van der Waals surface area contributed by atoms with Gasteiger partial charge in [-0.05, 0) is 50.8 Å². The first-order chi connectivity index (χ1) is 13.9. The predicted molar refractivity (Wildman–Crippen MR) is 116 cm³/mol. The van der Waals surface area contributed by atoms with E-state index in [1.54, 1.807) is 36.6 Å². The van der Waals surface area contributed by atoms with Gasteiger partial charge in [-0.2, -0.15) is 0 Å². The lowest BCUT2D eigenvalue weighted by molar-refractivity contribution is -0.145. The van der Waals surface area contributed by atoms with Crippen molar-refractivity contribution in [3.05, 3.63) is 60.4 Å². The number of aryl methyl sites for hydroxylation is 2. The lowest BCUT2D eigenvalue weighted by Crippen LogP contribution is -2.27. The molecule has 152 valence electrons. The Morgan fingerprint density at radius 3 is 2.76 bits per heavy atom. The van der Waals surface area contributed by atoms with Crippen LogP contribution < -0.4 is 5.56 Å². The third-order valence-corrected chi connectivity index (χ3v) is 7.18. The fourth-order valence-corrected chi connectivity index (χ4v) is 5.75. The largest absolute Gasteiger partial charge is 0.466 e. The molecular weight excluding hydrogens is 431 g/mol. The summed E-state index contributed by atoms with van der Waals surface area (Å²) in [6.45, 7) is 4.13. The van der Waals surface area contributed by atoms with Gasteiger partial charge in [-0.1, -0.05) is 29.3 Å². The molecule has 8 heteroatoms. The minimum absolute atomic E-state index is 0.169. The Bertz CT molecular complexity index is 1150. The van der Waals surface area contributed by atoms with Gasteiger partial charge in [0.1, 0.15) is 10.7 Å². The summed E-state index contributed by atoms with van der Waals surface area (Å²) in [5.41, 5.74) is 1.30. The van der Waals surface area contributed by atoms with Gasteiger partial charge in [-0.25, -0.2) is 4.98 Å². The highest BCUT2D eigenvalue weighted by Crippen LogP contribution is 2.41. The molecule has 1 atom stereocenters. The van der Waals surface area contributed by atoms with Crippen LogP contribution in [-0.2, 0) is 22.5 Å². The minimum atomic E-state index is -0.415. The lowest BCUT2D eigenvalue weighted by Gasteiger charge is -2.21. The number of fused-ring (bicyclic) bond motifs is 3. The molecule has 0 bridgehead atoms. The van der Waals surface area contributed by atoms with Crippen LogP contribution in [0.5, 0.6) is 0 Å². The normalized spacial score (nSPS) is 16.1. The van der Waals surface area contributed by atoms with E-state index in [0.717, 1.165) is 23.3 Å². The molecule has 3 aromatic rings. The van der Waals surface area contributed by atoms with E-state index in [1.165, 1.54) is 11.3 Å². The van der Waals surface area contributed by atoms with Crippen LogP contribution in [0, 0.1) is 6.92 Å². The zero-order valence-corrected chi connectivity index (χ0v) is 18.5. The van der Waals surface area contributed by atoms with Gasteiger partial charge in [0.2, 0.25) is 0 Å². The summed E-state index contributed by atoms with van der Waals surface area (Å²) in [5, 5.41) is 1.53. The van der Waals surface area contributed by atoms with E-state index in [9.17, 15) is 9.59 Å². The number of nitrogens with zero attached hydrogens (tertiary/aromatic N) is 2. The van der Waals surface area contributed by atoms with Crippen LogP contribution >= 0.6 is 34.5 Å². The van der Waals surface area contributed by atoms with Crippen molar-refractivity contribution in [2.75, 3.05) is 6.61 Å². The SMILES string of the molecule is CCOC(=O)C1CCCc2sc3nc(C)n(Cc4c(Cl)cccc4Cl)c(=O)c3c21. The van der Waals surface area contributed by atoms with Gasteiger partial charge in [-0.15, -0.1) is 11.3 Å². The van der Waals surface area contributed by atoms with E-state index >= 15 is 0 Å². The van der Waals surface area contributed by atoms with Crippen LogP contribution in [0.15, 0.2) is 23.0 Å². The molecule has 2 aromatic heterocycles. The van der Waals surface area contributed by atoms with Crippen molar-refractivity contribution in [3.8, 4) is 0 Å². The second kappa shape index (κ2) is 8.09. The number of hydrogen-bond donors (Lipinski definition) is 0. The molecule has 0 N–H and O–H groups in total. The average Bonchev–Trinajstić information content (AvgIpc) is 3.05. The number of hydrogen-bond acceptors (Lipinski definition) is 5. The molecule has 0 amide bonds. The maximum Gasteiger partial charge on any atom is 0.313 e. The molecule has 2 heterocycles. The average molecular weight is 451 g/mol. The third kappa shape index (κ3) is 3.58. The van der Waals surface area contributed by atoms with E-state index in [-0.39, 0.29) is 18.1 Å². The molecule has 0 fully saturated rings. The minimum Gasteiger partial charge on any atom is -0.466 e. The Balaban J connectivity index is 1.90. The van der Waals surface area contributed by atoms with Crippen LogP contribution in [0.4, 0.5) is 0 Å². The van der Waals surface area contributed by atoms with Gasteiger partial charge < -0.3 is 4.74 Å². The molecule has 1 aliphatic rings. The molecule has 0 radical (unpaired) electrons. The van der Waals surface area contributed by atoms with E-state index in [1.807, 2.05) is 0 Å². The molecule has 0 aliphatic heterocycles. The number of carbonyl (C=O) groups is 1. The summed E-state index contributed by atoms with van der Waals surface area (Å²) in [5.74, 6) is -0.0967. The number of rotatable bonds is 4. The van der Waals surface area contributed by atoms with Gasteiger partial charge in [0, 0.05) is 20.5 Å². The van der Waals surface area contributed by atoms with Crippen molar-refractivity contribution in [2.45, 2.75) is 45.6 Å². The Hall–Kier alpha value is -1.89. The number of benzene rings is 1. The first-order valence-electron chi connectivity index (χ1n) is 9.54. The zero-order chi connectivity index (χ0) is 20.7. The summed E-state index contributed by atoms with van der Waals surface area (Å²) in [4.78, 5) is 32.5. The summed E-state index contributed by atoms with van der Waals surface area (Å²) in [7, 11) is 0. The quantitative estimate of drug-likeness (QED) is 0.518. The predicted octanol–water partition coefficient (Wildman–Crippen LogP) is 5.10. The molecule has 5 nitrogen and oxygen atoms in total. The number of esters is 1. The highest BCUT2D eigenvalue weighted by atomic mass is 35.5. The number of ether oxygens (including phenoxy) is 1. The van der Waals surface area contributed by atoms with E-state index in [4.69, 9.17) is 27.9 Å². The Morgan fingerprint density at radius 1 is 1.34 bits per heavy atom. The summed E-state index contributed by atoms with van der Waals surface area (Å²) in [6, 6.07) is 5.26. The maximum absolute atomic E-state index is 13.5. The topological polar surface area (TPSA) is 61.2 Å². The van der Waals surface area contributed by atoms with Crippen molar-refractivity contribution >= 4 is 50.7 Å². The van der Waals surface area contributed by atoms with Crippen molar-refractivity contribution in [3.63, 3.8) is 0 Å². The monoisotopic (exact) mass is 450 g/mol. The smallest absolute Gasteiger partial charge is 0.313 e. The Labute approximate surface area is 182 Å². The first-order valence-corrected chi connectivity index (χ1v) is 11.1. The number of carbonyl (C=O) groups excluding carboxylic acids is 1. The van der Waals surface area contributed by atoms with Crippen molar-refractivity contribution in [1.82, 2.24) is 9.55 Å². The summed E-state index contributed by atoms with van der Waals surface area (Å²) < 4.78 is 6.86. The zero-order valence-electron chi connectivity index (χ0n) is 16.1. The Morgan fingerprint density at radius 2 is 2.07 bits per heavy atom. The second-order valence-corrected chi connectivity index (χ2v) is 8.96. The molecule has 4 rings (SSSR count). The molecule has 0 saturated heterocycles. The summed E-state index contributed by atoms with van der Waals surface area (Å²) >= 11 is 14.1. The molecule has 1 unspecified atom stereocenters. The van der Waals surface area contributed by atoms with Gasteiger partial charge in [-0.3, -0.25) is 14.2 Å².